The molecule has 0 amide bonds. The van der Waals surface area contributed by atoms with Crippen molar-refractivity contribution in [1.82, 2.24) is 19.9 Å². The molecular weight excluding hydrogens is 248 g/mol. The van der Waals surface area contributed by atoms with Crippen molar-refractivity contribution in [3.8, 4) is 0 Å². The summed E-state index contributed by atoms with van der Waals surface area (Å²) in [5.41, 5.74) is 2.38. The molecule has 2 aromatic rings. The molecule has 0 aliphatic carbocycles. The fraction of sp³-hybridized carbons (Fsp3) is 0.500. The van der Waals surface area contributed by atoms with Gasteiger partial charge in [-0.05, 0) is 6.07 Å². The number of aromatic nitrogens is 4. The fourth-order valence-electron chi connectivity index (χ4n) is 1.42. The van der Waals surface area contributed by atoms with Crippen LogP contribution in [0.1, 0.15) is 52.9 Å². The third kappa shape index (κ3) is 5.43. The Labute approximate surface area is 121 Å². The van der Waals surface area contributed by atoms with Gasteiger partial charge in [0, 0.05) is 41.3 Å². The second-order valence-corrected chi connectivity index (χ2v) is 6.69. The molecule has 0 bridgehead atoms. The zero-order valence-electron chi connectivity index (χ0n) is 13.3. The van der Waals surface area contributed by atoms with Crippen LogP contribution in [0.25, 0.3) is 0 Å². The summed E-state index contributed by atoms with van der Waals surface area (Å²) < 4.78 is 0. The highest BCUT2D eigenvalue weighted by Crippen LogP contribution is 2.18. The van der Waals surface area contributed by atoms with Crippen LogP contribution in [0.4, 0.5) is 0 Å². The summed E-state index contributed by atoms with van der Waals surface area (Å²) in [4.78, 5) is 16.2. The third-order valence-electron chi connectivity index (χ3n) is 2.68. The van der Waals surface area contributed by atoms with E-state index in [9.17, 15) is 0 Å². The van der Waals surface area contributed by atoms with E-state index < -0.39 is 0 Å². The van der Waals surface area contributed by atoms with E-state index in [-0.39, 0.29) is 10.8 Å². The molecule has 0 N–H and O–H groups in total. The molecule has 2 heterocycles. The van der Waals surface area contributed by atoms with Gasteiger partial charge >= 0.3 is 0 Å². The Morgan fingerprint density at radius 2 is 1.35 bits per heavy atom. The van der Waals surface area contributed by atoms with Crippen LogP contribution >= 0.6 is 0 Å². The van der Waals surface area contributed by atoms with Crippen molar-refractivity contribution in [2.45, 2.75) is 52.4 Å². The van der Waals surface area contributed by atoms with Crippen molar-refractivity contribution < 1.29 is 0 Å². The first-order chi connectivity index (χ1) is 9.21. The largest absolute Gasteiger partial charge is 0.261 e. The predicted octanol–water partition coefficient (Wildman–Crippen LogP) is 3.55. The van der Waals surface area contributed by atoms with Gasteiger partial charge in [-0.3, -0.25) is 9.97 Å². The zero-order chi connectivity index (χ0) is 15.2. The van der Waals surface area contributed by atoms with Gasteiger partial charge in [-0.15, -0.1) is 0 Å². The molecule has 108 valence electrons. The topological polar surface area (TPSA) is 51.6 Å². The highest BCUT2D eigenvalue weighted by atomic mass is 14.8. The lowest BCUT2D eigenvalue weighted by Crippen LogP contribution is -2.13. The molecule has 4 nitrogen and oxygen atoms in total. The van der Waals surface area contributed by atoms with Gasteiger partial charge in [0.05, 0.1) is 5.69 Å². The van der Waals surface area contributed by atoms with Crippen LogP contribution in [0.2, 0.25) is 0 Å². The number of nitrogens with zero attached hydrogens (tertiary/aromatic N) is 4. The second-order valence-electron chi connectivity index (χ2n) is 6.69. The smallest absolute Gasteiger partial charge is 0.115 e. The standard InChI is InChI=1S/2C8H12N2/c1-8(2,3)7-6-9-4-5-10-7;1-8(2,3)7-4-5-9-6-10-7/h2*4-6H,1-3H3. The second kappa shape index (κ2) is 6.55. The van der Waals surface area contributed by atoms with Crippen molar-refractivity contribution in [3.05, 3.63) is 48.6 Å². The molecule has 0 saturated carbocycles. The van der Waals surface area contributed by atoms with Crippen molar-refractivity contribution >= 4 is 0 Å². The summed E-state index contributed by atoms with van der Waals surface area (Å²) in [5, 5.41) is 0. The minimum absolute atomic E-state index is 0.119. The summed E-state index contributed by atoms with van der Waals surface area (Å²) in [6.45, 7) is 12.8. The van der Waals surface area contributed by atoms with E-state index in [1.807, 2.05) is 6.07 Å². The highest BCUT2D eigenvalue weighted by Gasteiger charge is 2.14. The molecule has 0 atom stereocenters. The average Bonchev–Trinajstić information content (AvgIpc) is 2.40. The summed E-state index contributed by atoms with van der Waals surface area (Å²) in [6.07, 6.45) is 8.57. The first-order valence-corrected chi connectivity index (χ1v) is 6.74. The molecule has 20 heavy (non-hydrogen) atoms. The Kier molecular flexibility index (Phi) is 5.31. The van der Waals surface area contributed by atoms with Crippen LogP contribution < -0.4 is 0 Å². The highest BCUT2D eigenvalue weighted by molar-refractivity contribution is 5.09. The van der Waals surface area contributed by atoms with Crippen molar-refractivity contribution in [1.29, 1.82) is 0 Å². The van der Waals surface area contributed by atoms with Gasteiger partial charge in [0.25, 0.3) is 0 Å². The monoisotopic (exact) mass is 272 g/mol. The van der Waals surface area contributed by atoms with Crippen molar-refractivity contribution in [3.63, 3.8) is 0 Å². The van der Waals surface area contributed by atoms with Crippen molar-refractivity contribution in [2.24, 2.45) is 0 Å². The van der Waals surface area contributed by atoms with Gasteiger partial charge < -0.3 is 0 Å². The molecule has 0 spiro atoms. The molecule has 2 rings (SSSR count). The Morgan fingerprint density at radius 3 is 1.65 bits per heavy atom. The van der Waals surface area contributed by atoms with E-state index in [0.29, 0.717) is 0 Å². The fourth-order valence-corrected chi connectivity index (χ4v) is 1.42. The molecule has 0 aliphatic rings. The van der Waals surface area contributed by atoms with Gasteiger partial charge in [0.15, 0.2) is 0 Å². The Balaban J connectivity index is 0.000000200. The predicted molar refractivity (Wildman–Crippen MR) is 81.5 cm³/mol. The zero-order valence-corrected chi connectivity index (χ0v) is 13.3. The van der Waals surface area contributed by atoms with Gasteiger partial charge in [-0.2, -0.15) is 0 Å². The SMILES string of the molecule is CC(C)(C)c1ccncn1.CC(C)(C)c1cnccn1. The van der Waals surface area contributed by atoms with E-state index >= 15 is 0 Å². The van der Waals surface area contributed by atoms with Crippen LogP contribution in [-0.4, -0.2) is 19.9 Å². The summed E-state index contributed by atoms with van der Waals surface area (Å²) in [5.74, 6) is 0. The molecule has 0 aliphatic heterocycles. The normalized spacial score (nSPS) is 11.5. The number of hydrogen-bond donors (Lipinski definition) is 0. The van der Waals surface area contributed by atoms with Gasteiger partial charge in [-0.25, -0.2) is 9.97 Å². The van der Waals surface area contributed by atoms with Gasteiger partial charge in [0.2, 0.25) is 0 Å². The number of hydrogen-bond acceptors (Lipinski definition) is 4. The maximum Gasteiger partial charge on any atom is 0.115 e. The Bertz CT molecular complexity index is 446. The van der Waals surface area contributed by atoms with Crippen LogP contribution in [0.5, 0.6) is 0 Å². The van der Waals surface area contributed by atoms with E-state index in [4.69, 9.17) is 0 Å². The summed E-state index contributed by atoms with van der Waals surface area (Å²) in [6, 6.07) is 1.94. The lowest BCUT2D eigenvalue weighted by molar-refractivity contribution is 0.565. The Hall–Kier alpha value is -1.84. The molecule has 0 aromatic carbocycles. The molecule has 0 saturated heterocycles. The van der Waals surface area contributed by atoms with E-state index in [2.05, 4.69) is 61.5 Å². The lowest BCUT2D eigenvalue weighted by Gasteiger charge is -2.16. The van der Waals surface area contributed by atoms with Crippen LogP contribution in [0.15, 0.2) is 37.2 Å². The minimum atomic E-state index is 0.119. The van der Waals surface area contributed by atoms with Gasteiger partial charge in [0.1, 0.15) is 6.33 Å². The van der Waals surface area contributed by atoms with Gasteiger partial charge in [-0.1, -0.05) is 41.5 Å². The molecule has 0 fully saturated rings. The van der Waals surface area contributed by atoms with Crippen LogP contribution in [-0.2, 0) is 10.8 Å². The maximum atomic E-state index is 4.19. The molecule has 4 heteroatoms. The quantitative estimate of drug-likeness (QED) is 0.736. The minimum Gasteiger partial charge on any atom is -0.261 e. The summed E-state index contributed by atoms with van der Waals surface area (Å²) >= 11 is 0. The van der Waals surface area contributed by atoms with Crippen LogP contribution in [0.3, 0.4) is 0 Å². The first-order valence-electron chi connectivity index (χ1n) is 6.74. The molecule has 2 aromatic heterocycles. The lowest BCUT2D eigenvalue weighted by atomic mass is 9.92. The molecular formula is C16H24N4. The van der Waals surface area contributed by atoms with Crippen LogP contribution in [0, 0.1) is 0 Å². The third-order valence-corrected chi connectivity index (χ3v) is 2.68. The number of rotatable bonds is 0. The van der Waals surface area contributed by atoms with Crippen molar-refractivity contribution in [2.75, 3.05) is 0 Å². The van der Waals surface area contributed by atoms with E-state index in [1.165, 1.54) is 0 Å². The molecule has 0 unspecified atom stereocenters. The summed E-state index contributed by atoms with van der Waals surface area (Å²) in [7, 11) is 0. The Morgan fingerprint density at radius 1 is 0.700 bits per heavy atom. The van der Waals surface area contributed by atoms with E-state index in [0.717, 1.165) is 11.4 Å². The maximum absolute atomic E-state index is 4.19. The first kappa shape index (κ1) is 16.2. The average molecular weight is 272 g/mol. The molecule has 0 radical (unpaired) electrons. The van der Waals surface area contributed by atoms with E-state index in [1.54, 1.807) is 31.1 Å².